The van der Waals surface area contributed by atoms with Crippen molar-refractivity contribution in [3.05, 3.63) is 11.1 Å². The number of amides is 1. The van der Waals surface area contributed by atoms with Crippen LogP contribution in [0.5, 0.6) is 0 Å². The van der Waals surface area contributed by atoms with Gasteiger partial charge >= 0.3 is 0 Å². The molecular formula is C15H23N3O2S2. The molecule has 3 N–H and O–H groups in total. The largest absolute Gasteiger partial charge is 0.392 e. The van der Waals surface area contributed by atoms with Crippen molar-refractivity contribution in [3.63, 3.8) is 0 Å². The number of aromatic nitrogens is 1. The Labute approximate surface area is 139 Å². The molecule has 1 saturated carbocycles. The maximum Gasteiger partial charge on any atom is 0.237 e. The van der Waals surface area contributed by atoms with Gasteiger partial charge in [-0.05, 0) is 39.0 Å². The van der Waals surface area contributed by atoms with Gasteiger partial charge in [-0.2, -0.15) is 0 Å². The summed E-state index contributed by atoms with van der Waals surface area (Å²) < 4.78 is 1.16. The van der Waals surface area contributed by atoms with Crippen molar-refractivity contribution in [2.45, 2.75) is 66.8 Å². The molecule has 0 spiro atoms. The first-order valence-electron chi connectivity index (χ1n) is 7.91. The molecule has 2 aliphatic rings. The molecule has 0 radical (unpaired) electrons. The Morgan fingerprint density at radius 2 is 2.23 bits per heavy atom. The quantitative estimate of drug-likeness (QED) is 0.777. The summed E-state index contributed by atoms with van der Waals surface area (Å²) in [5.41, 5.74) is 1.10. The molecule has 0 unspecified atom stereocenters. The van der Waals surface area contributed by atoms with Crippen LogP contribution in [0.25, 0.3) is 0 Å². The Morgan fingerprint density at radius 3 is 2.82 bits per heavy atom. The number of aliphatic hydroxyl groups is 1. The molecule has 122 valence electrons. The van der Waals surface area contributed by atoms with E-state index in [4.69, 9.17) is 0 Å². The fourth-order valence-corrected chi connectivity index (χ4v) is 5.36. The number of hydrogen-bond donors (Lipinski definition) is 3. The van der Waals surface area contributed by atoms with Crippen LogP contribution in [-0.2, 0) is 4.79 Å². The summed E-state index contributed by atoms with van der Waals surface area (Å²) in [5, 5.41) is 18.4. The van der Waals surface area contributed by atoms with Crippen LogP contribution in [0.4, 0.5) is 0 Å². The summed E-state index contributed by atoms with van der Waals surface area (Å²) in [7, 11) is 0. The molecule has 0 aromatic carbocycles. The SMILES string of the molecule is Cc1csc(SC2CCC(NC(=O)[C@@H]3C[C@@H](O)CN3)CC2)n1. The predicted octanol–water partition coefficient (Wildman–Crippen LogP) is 1.69. The molecule has 3 rings (SSSR count). The number of β-amino-alcohol motifs (C(OH)–C–C–N with tert-alkyl or cyclic N) is 1. The molecule has 7 heteroatoms. The molecule has 1 aromatic heterocycles. The zero-order valence-corrected chi connectivity index (χ0v) is 14.4. The van der Waals surface area contributed by atoms with E-state index in [2.05, 4.69) is 21.0 Å². The van der Waals surface area contributed by atoms with Crippen molar-refractivity contribution in [1.82, 2.24) is 15.6 Å². The van der Waals surface area contributed by atoms with Crippen LogP contribution >= 0.6 is 23.1 Å². The van der Waals surface area contributed by atoms with E-state index in [1.54, 1.807) is 11.3 Å². The third-order valence-electron chi connectivity index (χ3n) is 4.31. The van der Waals surface area contributed by atoms with Gasteiger partial charge in [0.15, 0.2) is 0 Å². The zero-order valence-electron chi connectivity index (χ0n) is 12.7. The van der Waals surface area contributed by atoms with Crippen LogP contribution in [-0.4, -0.2) is 46.0 Å². The number of thiazole rings is 1. The molecule has 2 heterocycles. The van der Waals surface area contributed by atoms with Gasteiger partial charge in [0.2, 0.25) is 5.91 Å². The molecule has 2 fully saturated rings. The molecule has 22 heavy (non-hydrogen) atoms. The number of thioether (sulfide) groups is 1. The predicted molar refractivity (Wildman–Crippen MR) is 89.3 cm³/mol. The monoisotopic (exact) mass is 341 g/mol. The lowest BCUT2D eigenvalue weighted by Crippen LogP contribution is -2.46. The van der Waals surface area contributed by atoms with Gasteiger partial charge in [-0.15, -0.1) is 11.3 Å². The minimum absolute atomic E-state index is 0.0446. The number of carbonyl (C=O) groups excluding carboxylic acids is 1. The van der Waals surface area contributed by atoms with E-state index >= 15 is 0 Å². The summed E-state index contributed by atoms with van der Waals surface area (Å²) in [6.45, 7) is 2.55. The van der Waals surface area contributed by atoms with Crippen LogP contribution in [0.1, 0.15) is 37.8 Å². The average molecular weight is 342 g/mol. The minimum atomic E-state index is -0.385. The summed E-state index contributed by atoms with van der Waals surface area (Å²) >= 11 is 3.60. The van der Waals surface area contributed by atoms with Gasteiger partial charge in [-0.1, -0.05) is 11.8 Å². The van der Waals surface area contributed by atoms with E-state index < -0.39 is 0 Å². The number of carbonyl (C=O) groups is 1. The van der Waals surface area contributed by atoms with E-state index in [9.17, 15) is 9.90 Å². The normalized spacial score (nSPS) is 32.1. The lowest BCUT2D eigenvalue weighted by atomic mass is 9.94. The van der Waals surface area contributed by atoms with Crippen LogP contribution in [0.15, 0.2) is 9.72 Å². The molecule has 2 atom stereocenters. The second-order valence-corrected chi connectivity index (χ2v) is 8.61. The second kappa shape index (κ2) is 7.29. The van der Waals surface area contributed by atoms with Gasteiger partial charge in [0.25, 0.3) is 0 Å². The fourth-order valence-electron chi connectivity index (χ4n) is 3.07. The summed E-state index contributed by atoms with van der Waals surface area (Å²) in [6, 6.07) is 0.0577. The highest BCUT2D eigenvalue weighted by Gasteiger charge is 2.30. The first-order valence-corrected chi connectivity index (χ1v) is 9.66. The lowest BCUT2D eigenvalue weighted by molar-refractivity contribution is -0.123. The summed E-state index contributed by atoms with van der Waals surface area (Å²) in [4.78, 5) is 16.6. The Bertz CT molecular complexity index is 515. The van der Waals surface area contributed by atoms with Crippen LogP contribution in [0, 0.1) is 6.92 Å². The van der Waals surface area contributed by atoms with Crippen molar-refractivity contribution < 1.29 is 9.90 Å². The molecule has 1 saturated heterocycles. The van der Waals surface area contributed by atoms with E-state index in [1.165, 1.54) is 0 Å². The minimum Gasteiger partial charge on any atom is -0.392 e. The van der Waals surface area contributed by atoms with Crippen LogP contribution < -0.4 is 10.6 Å². The van der Waals surface area contributed by atoms with Gasteiger partial charge in [-0.3, -0.25) is 4.79 Å². The van der Waals surface area contributed by atoms with Crippen molar-refractivity contribution >= 4 is 29.0 Å². The highest BCUT2D eigenvalue weighted by molar-refractivity contribution is 8.01. The number of rotatable bonds is 4. The fraction of sp³-hybridized carbons (Fsp3) is 0.733. The van der Waals surface area contributed by atoms with Crippen LogP contribution in [0.3, 0.4) is 0 Å². The smallest absolute Gasteiger partial charge is 0.237 e. The van der Waals surface area contributed by atoms with E-state index in [0.717, 1.165) is 35.7 Å². The third kappa shape index (κ3) is 4.22. The first kappa shape index (κ1) is 16.2. The topological polar surface area (TPSA) is 74.2 Å². The van der Waals surface area contributed by atoms with E-state index in [0.29, 0.717) is 18.2 Å². The van der Waals surface area contributed by atoms with Gasteiger partial charge < -0.3 is 15.7 Å². The highest BCUT2D eigenvalue weighted by Crippen LogP contribution is 2.35. The molecule has 1 aliphatic heterocycles. The number of nitrogens with one attached hydrogen (secondary N) is 2. The number of hydrogen-bond acceptors (Lipinski definition) is 6. The van der Waals surface area contributed by atoms with E-state index in [1.807, 2.05) is 18.7 Å². The molecule has 1 aromatic rings. The third-order valence-corrected chi connectivity index (χ3v) is 6.74. The van der Waals surface area contributed by atoms with Crippen molar-refractivity contribution in [2.75, 3.05) is 6.54 Å². The Hall–Kier alpha value is -0.630. The zero-order chi connectivity index (χ0) is 15.5. The second-order valence-electron chi connectivity index (χ2n) is 6.21. The Morgan fingerprint density at radius 1 is 1.45 bits per heavy atom. The molecule has 1 aliphatic carbocycles. The maximum atomic E-state index is 12.1. The Kier molecular flexibility index (Phi) is 5.38. The van der Waals surface area contributed by atoms with Crippen molar-refractivity contribution in [1.29, 1.82) is 0 Å². The van der Waals surface area contributed by atoms with Gasteiger partial charge in [0.05, 0.1) is 12.1 Å². The summed E-state index contributed by atoms with van der Waals surface area (Å²) in [6.07, 6.45) is 4.45. The standard InChI is InChI=1S/C15H23N3O2S2/c1-9-8-21-15(17-9)22-12-4-2-10(3-5-12)18-14(20)13-6-11(19)7-16-13/h8,10-13,16,19H,2-7H2,1H3,(H,18,20)/t10?,11-,12?,13+/m1/s1. The first-order chi connectivity index (χ1) is 10.6. The van der Waals surface area contributed by atoms with Gasteiger partial charge in [0, 0.05) is 28.9 Å². The van der Waals surface area contributed by atoms with E-state index in [-0.39, 0.29) is 24.1 Å². The highest BCUT2D eigenvalue weighted by atomic mass is 32.2. The van der Waals surface area contributed by atoms with Gasteiger partial charge in [-0.25, -0.2) is 4.98 Å². The summed E-state index contributed by atoms with van der Waals surface area (Å²) in [5.74, 6) is 0.0446. The molecule has 1 amide bonds. The number of nitrogens with zero attached hydrogens (tertiary/aromatic N) is 1. The molecule has 0 bridgehead atoms. The van der Waals surface area contributed by atoms with Crippen molar-refractivity contribution in [3.8, 4) is 0 Å². The Balaban J connectivity index is 1.41. The van der Waals surface area contributed by atoms with Gasteiger partial charge in [0.1, 0.15) is 4.34 Å². The van der Waals surface area contributed by atoms with Crippen molar-refractivity contribution in [2.24, 2.45) is 0 Å². The average Bonchev–Trinajstić information content (AvgIpc) is 3.10. The van der Waals surface area contributed by atoms with Crippen LogP contribution in [0.2, 0.25) is 0 Å². The molecule has 5 nitrogen and oxygen atoms in total. The lowest BCUT2D eigenvalue weighted by Gasteiger charge is -2.29. The number of aryl methyl sites for hydroxylation is 1. The maximum absolute atomic E-state index is 12.1. The molecular weight excluding hydrogens is 318 g/mol. The number of aliphatic hydroxyl groups excluding tert-OH is 1.